The van der Waals surface area contributed by atoms with Crippen LogP contribution in [0.3, 0.4) is 0 Å². The second kappa shape index (κ2) is 6.97. The quantitative estimate of drug-likeness (QED) is 0.743. The molecule has 100 valence electrons. The molecule has 0 aromatic heterocycles. The highest BCUT2D eigenvalue weighted by Crippen LogP contribution is 2.32. The standard InChI is InChI=1S/C13H25NO3/c1-3-7-14(8-4-2)11-13(12(15)16)5-9-17-10-6-13/h3-11H2,1-2H3,(H,15,16). The molecule has 1 fully saturated rings. The fraction of sp³-hybridized carbons (Fsp3) is 0.923. The SMILES string of the molecule is CCCN(CCC)CC1(C(=O)O)CCOCC1. The molecule has 1 aliphatic heterocycles. The average molecular weight is 243 g/mol. The van der Waals surface area contributed by atoms with Crippen molar-refractivity contribution in [2.75, 3.05) is 32.8 Å². The molecule has 0 saturated carbocycles. The molecule has 1 saturated heterocycles. The molecule has 0 atom stereocenters. The predicted molar refractivity (Wildman–Crippen MR) is 67.1 cm³/mol. The molecule has 0 aromatic carbocycles. The van der Waals surface area contributed by atoms with Gasteiger partial charge in [-0.3, -0.25) is 4.79 Å². The van der Waals surface area contributed by atoms with Gasteiger partial charge in [0, 0.05) is 19.8 Å². The van der Waals surface area contributed by atoms with E-state index in [9.17, 15) is 9.90 Å². The van der Waals surface area contributed by atoms with Crippen LogP contribution in [0.1, 0.15) is 39.5 Å². The van der Waals surface area contributed by atoms with Crippen molar-refractivity contribution in [2.45, 2.75) is 39.5 Å². The summed E-state index contributed by atoms with van der Waals surface area (Å²) in [6, 6.07) is 0. The summed E-state index contributed by atoms with van der Waals surface area (Å²) in [5.41, 5.74) is -0.581. The second-order valence-corrected chi connectivity index (χ2v) is 4.97. The van der Waals surface area contributed by atoms with Gasteiger partial charge in [-0.1, -0.05) is 13.8 Å². The summed E-state index contributed by atoms with van der Waals surface area (Å²) in [4.78, 5) is 13.8. The van der Waals surface area contributed by atoms with Crippen LogP contribution in [0.5, 0.6) is 0 Å². The van der Waals surface area contributed by atoms with Crippen LogP contribution in [0.2, 0.25) is 0 Å². The Morgan fingerprint density at radius 1 is 1.24 bits per heavy atom. The zero-order valence-electron chi connectivity index (χ0n) is 11.1. The first-order valence-corrected chi connectivity index (χ1v) is 6.68. The van der Waals surface area contributed by atoms with Gasteiger partial charge in [-0.05, 0) is 38.8 Å². The van der Waals surface area contributed by atoms with Gasteiger partial charge in [-0.25, -0.2) is 0 Å². The second-order valence-electron chi connectivity index (χ2n) is 4.97. The normalized spacial score (nSPS) is 19.5. The van der Waals surface area contributed by atoms with Crippen LogP contribution in [0.25, 0.3) is 0 Å². The van der Waals surface area contributed by atoms with E-state index in [1.54, 1.807) is 0 Å². The van der Waals surface area contributed by atoms with Crippen molar-refractivity contribution in [3.63, 3.8) is 0 Å². The molecule has 1 heterocycles. The summed E-state index contributed by atoms with van der Waals surface area (Å²) in [5, 5.41) is 9.49. The van der Waals surface area contributed by atoms with E-state index in [0.717, 1.165) is 25.9 Å². The molecule has 0 amide bonds. The van der Waals surface area contributed by atoms with Gasteiger partial charge < -0.3 is 14.7 Å². The summed E-state index contributed by atoms with van der Waals surface area (Å²) in [6.45, 7) is 8.10. The first-order valence-electron chi connectivity index (χ1n) is 6.68. The third-order valence-electron chi connectivity index (χ3n) is 3.51. The fourth-order valence-corrected chi connectivity index (χ4v) is 2.53. The van der Waals surface area contributed by atoms with Crippen molar-refractivity contribution in [1.29, 1.82) is 0 Å². The van der Waals surface area contributed by atoms with Crippen LogP contribution in [0, 0.1) is 5.41 Å². The summed E-state index contributed by atoms with van der Waals surface area (Å²) in [5.74, 6) is -0.655. The Hall–Kier alpha value is -0.610. The van der Waals surface area contributed by atoms with E-state index in [2.05, 4.69) is 18.7 Å². The summed E-state index contributed by atoms with van der Waals surface area (Å²) >= 11 is 0. The molecular weight excluding hydrogens is 218 g/mol. The minimum Gasteiger partial charge on any atom is -0.481 e. The van der Waals surface area contributed by atoms with Gasteiger partial charge in [0.15, 0.2) is 0 Å². The van der Waals surface area contributed by atoms with Gasteiger partial charge in [-0.15, -0.1) is 0 Å². The lowest BCUT2D eigenvalue weighted by molar-refractivity contribution is -0.156. The summed E-state index contributed by atoms with van der Waals surface area (Å²) in [7, 11) is 0. The van der Waals surface area contributed by atoms with Crippen molar-refractivity contribution < 1.29 is 14.6 Å². The Labute approximate surface area is 104 Å². The van der Waals surface area contributed by atoms with Crippen molar-refractivity contribution in [1.82, 2.24) is 4.90 Å². The van der Waals surface area contributed by atoms with Gasteiger partial charge in [0.1, 0.15) is 0 Å². The van der Waals surface area contributed by atoms with E-state index >= 15 is 0 Å². The molecule has 1 rings (SSSR count). The Balaban J connectivity index is 2.66. The molecule has 1 aliphatic rings. The van der Waals surface area contributed by atoms with E-state index in [0.29, 0.717) is 32.6 Å². The van der Waals surface area contributed by atoms with Crippen molar-refractivity contribution in [3.05, 3.63) is 0 Å². The fourth-order valence-electron chi connectivity index (χ4n) is 2.53. The monoisotopic (exact) mass is 243 g/mol. The Morgan fingerprint density at radius 2 is 1.76 bits per heavy atom. The minimum atomic E-state index is -0.655. The van der Waals surface area contributed by atoms with E-state index in [1.165, 1.54) is 0 Å². The van der Waals surface area contributed by atoms with E-state index < -0.39 is 11.4 Å². The molecule has 0 radical (unpaired) electrons. The molecule has 1 N–H and O–H groups in total. The van der Waals surface area contributed by atoms with Crippen LogP contribution < -0.4 is 0 Å². The zero-order chi connectivity index (χ0) is 12.7. The third-order valence-corrected chi connectivity index (χ3v) is 3.51. The van der Waals surface area contributed by atoms with Crippen LogP contribution in [-0.2, 0) is 9.53 Å². The Morgan fingerprint density at radius 3 is 2.18 bits per heavy atom. The van der Waals surface area contributed by atoms with Crippen LogP contribution in [0.15, 0.2) is 0 Å². The number of hydrogen-bond donors (Lipinski definition) is 1. The molecule has 0 aromatic rings. The zero-order valence-corrected chi connectivity index (χ0v) is 11.1. The molecule has 17 heavy (non-hydrogen) atoms. The van der Waals surface area contributed by atoms with Gasteiger partial charge in [0.05, 0.1) is 5.41 Å². The number of hydrogen-bond acceptors (Lipinski definition) is 3. The largest absolute Gasteiger partial charge is 0.481 e. The van der Waals surface area contributed by atoms with Crippen molar-refractivity contribution in [3.8, 4) is 0 Å². The van der Waals surface area contributed by atoms with Gasteiger partial charge in [-0.2, -0.15) is 0 Å². The number of carboxylic acid groups (broad SMARTS) is 1. The first-order chi connectivity index (χ1) is 8.14. The average Bonchev–Trinajstić information content (AvgIpc) is 2.30. The number of carboxylic acids is 1. The maximum Gasteiger partial charge on any atom is 0.311 e. The predicted octanol–water partition coefficient (Wildman–Crippen LogP) is 1.99. The number of nitrogens with zero attached hydrogens (tertiary/aromatic N) is 1. The molecule has 4 nitrogen and oxygen atoms in total. The van der Waals surface area contributed by atoms with E-state index in [1.807, 2.05) is 0 Å². The van der Waals surface area contributed by atoms with Crippen LogP contribution >= 0.6 is 0 Å². The minimum absolute atomic E-state index is 0.581. The lowest BCUT2D eigenvalue weighted by Crippen LogP contribution is -2.47. The van der Waals surface area contributed by atoms with E-state index in [4.69, 9.17) is 4.74 Å². The molecular formula is C13H25NO3. The lowest BCUT2D eigenvalue weighted by atomic mass is 9.79. The molecule has 0 bridgehead atoms. The highest BCUT2D eigenvalue weighted by Gasteiger charge is 2.41. The Bertz CT molecular complexity index is 231. The van der Waals surface area contributed by atoms with Crippen molar-refractivity contribution >= 4 is 5.97 Å². The topological polar surface area (TPSA) is 49.8 Å². The van der Waals surface area contributed by atoms with Gasteiger partial charge >= 0.3 is 5.97 Å². The van der Waals surface area contributed by atoms with Crippen molar-refractivity contribution in [2.24, 2.45) is 5.41 Å². The molecule has 0 aliphatic carbocycles. The maximum absolute atomic E-state index is 11.5. The molecule has 0 unspecified atom stereocenters. The van der Waals surface area contributed by atoms with Gasteiger partial charge in [0.25, 0.3) is 0 Å². The van der Waals surface area contributed by atoms with E-state index in [-0.39, 0.29) is 0 Å². The highest BCUT2D eigenvalue weighted by atomic mass is 16.5. The van der Waals surface area contributed by atoms with Gasteiger partial charge in [0.2, 0.25) is 0 Å². The number of aliphatic carboxylic acids is 1. The molecule has 0 spiro atoms. The first kappa shape index (κ1) is 14.5. The lowest BCUT2D eigenvalue weighted by Gasteiger charge is -2.37. The molecule has 4 heteroatoms. The maximum atomic E-state index is 11.5. The van der Waals surface area contributed by atoms with Crippen LogP contribution in [0.4, 0.5) is 0 Å². The Kier molecular flexibility index (Phi) is 5.92. The number of rotatable bonds is 7. The third kappa shape index (κ3) is 3.96. The number of ether oxygens (including phenoxy) is 1. The number of carbonyl (C=O) groups is 1. The highest BCUT2D eigenvalue weighted by molar-refractivity contribution is 5.75. The smallest absolute Gasteiger partial charge is 0.311 e. The summed E-state index contributed by atoms with van der Waals surface area (Å²) in [6.07, 6.45) is 3.44. The summed E-state index contributed by atoms with van der Waals surface area (Å²) < 4.78 is 5.29. The van der Waals surface area contributed by atoms with Crippen LogP contribution in [-0.4, -0.2) is 48.8 Å².